The van der Waals surface area contributed by atoms with Crippen LogP contribution in [0.1, 0.15) is 0 Å². The minimum atomic E-state index is -0.731. The van der Waals surface area contributed by atoms with Crippen molar-refractivity contribution in [2.45, 2.75) is 0 Å². The van der Waals surface area contributed by atoms with Crippen molar-refractivity contribution in [3.05, 3.63) is 41.2 Å². The maximum Gasteiger partial charge on any atom is 0.154 e. The molecule has 0 radical (unpaired) electrons. The van der Waals surface area contributed by atoms with Gasteiger partial charge in [-0.05, 0) is 18.9 Å². The van der Waals surface area contributed by atoms with Crippen molar-refractivity contribution in [1.29, 1.82) is 0 Å². The lowest BCUT2D eigenvalue weighted by Gasteiger charge is -2.19. The minimum absolute atomic E-state index is 0.00232. The smallest absolute Gasteiger partial charge is 0.154 e. The van der Waals surface area contributed by atoms with Crippen LogP contribution in [0.25, 0.3) is 0 Å². The lowest BCUT2D eigenvalue weighted by Crippen LogP contribution is -2.32. The summed E-state index contributed by atoms with van der Waals surface area (Å²) < 4.78 is 26.7. The van der Waals surface area contributed by atoms with E-state index in [1.54, 1.807) is 0 Å². The van der Waals surface area contributed by atoms with E-state index in [9.17, 15) is 8.78 Å². The molecule has 8 heteroatoms. The molecule has 1 aromatic rings. The van der Waals surface area contributed by atoms with Crippen LogP contribution >= 0.6 is 23.2 Å². The third-order valence-corrected chi connectivity index (χ3v) is 3.11. The van der Waals surface area contributed by atoms with Crippen LogP contribution in [0.4, 0.5) is 14.5 Å². The van der Waals surface area contributed by atoms with E-state index in [-0.39, 0.29) is 23.4 Å². The van der Waals surface area contributed by atoms with Crippen molar-refractivity contribution in [2.75, 3.05) is 17.6 Å². The van der Waals surface area contributed by atoms with Gasteiger partial charge in [0.05, 0.1) is 5.69 Å². The van der Waals surface area contributed by atoms with Crippen LogP contribution in [0.5, 0.6) is 0 Å². The molecular weight excluding hydrogens is 309 g/mol. The second kappa shape index (κ2) is 6.30. The number of halogens is 4. The van der Waals surface area contributed by atoms with Gasteiger partial charge >= 0.3 is 0 Å². The third-order valence-electron chi connectivity index (χ3n) is 2.64. The van der Waals surface area contributed by atoms with Crippen LogP contribution < -0.4 is 10.4 Å². The highest BCUT2D eigenvalue weighted by Crippen LogP contribution is 2.28. The first-order chi connectivity index (χ1) is 9.58. The fourth-order valence-corrected chi connectivity index (χ4v) is 2.18. The Kier molecular flexibility index (Phi) is 4.69. The quantitative estimate of drug-likeness (QED) is 0.526. The van der Waals surface area contributed by atoms with E-state index in [4.69, 9.17) is 23.2 Å². The van der Waals surface area contributed by atoms with Crippen LogP contribution in [-0.4, -0.2) is 24.4 Å². The molecule has 0 atom stereocenters. The normalized spacial score (nSPS) is 16.0. The molecule has 20 heavy (non-hydrogen) atoms. The SMILES string of the molecule is C=NC1=C(/C(Cl)=N\CCl)CNN1c1ccc(F)cc1F. The molecule has 0 bridgehead atoms. The van der Waals surface area contributed by atoms with Gasteiger partial charge in [-0.2, -0.15) is 0 Å². The highest BCUT2D eigenvalue weighted by Gasteiger charge is 2.27. The molecule has 1 aliphatic heterocycles. The van der Waals surface area contributed by atoms with E-state index < -0.39 is 11.6 Å². The van der Waals surface area contributed by atoms with Gasteiger partial charge in [-0.3, -0.25) is 10.0 Å². The summed E-state index contributed by atoms with van der Waals surface area (Å²) in [4.78, 5) is 7.67. The molecule has 0 unspecified atom stereocenters. The average molecular weight is 319 g/mol. The van der Waals surface area contributed by atoms with Crippen molar-refractivity contribution in [1.82, 2.24) is 5.43 Å². The predicted molar refractivity (Wildman–Crippen MR) is 77.4 cm³/mol. The van der Waals surface area contributed by atoms with E-state index in [1.807, 2.05) is 0 Å². The van der Waals surface area contributed by atoms with Gasteiger partial charge in [0.2, 0.25) is 0 Å². The van der Waals surface area contributed by atoms with Crippen LogP contribution in [0.15, 0.2) is 39.6 Å². The first kappa shape index (κ1) is 14.9. The number of hydrazine groups is 1. The zero-order chi connectivity index (χ0) is 14.7. The Morgan fingerprint density at radius 2 is 2.20 bits per heavy atom. The van der Waals surface area contributed by atoms with E-state index >= 15 is 0 Å². The lowest BCUT2D eigenvalue weighted by molar-refractivity contribution is 0.578. The van der Waals surface area contributed by atoms with E-state index in [1.165, 1.54) is 11.1 Å². The zero-order valence-electron chi connectivity index (χ0n) is 10.2. The molecule has 1 N–H and O–H groups in total. The van der Waals surface area contributed by atoms with Crippen LogP contribution in [0.3, 0.4) is 0 Å². The standard InChI is InChI=1S/C12H10Cl2F2N4/c1-17-12-8(11(14)18-6-13)5-19-20(12)10-3-2-7(15)4-9(10)16/h2-4,19H,1,5-6H2/b18-11+. The van der Waals surface area contributed by atoms with Gasteiger partial charge in [0, 0.05) is 18.2 Å². The number of rotatable bonds is 4. The van der Waals surface area contributed by atoms with Crippen molar-refractivity contribution in [3.63, 3.8) is 0 Å². The van der Waals surface area contributed by atoms with E-state index in [0.29, 0.717) is 11.4 Å². The Labute approximate surface area is 124 Å². The monoisotopic (exact) mass is 318 g/mol. The van der Waals surface area contributed by atoms with Crippen LogP contribution in [0, 0.1) is 11.6 Å². The molecule has 0 saturated heterocycles. The number of aliphatic imine (C=N–C) groups is 2. The van der Waals surface area contributed by atoms with Gasteiger partial charge in [0.25, 0.3) is 0 Å². The first-order valence-electron chi connectivity index (χ1n) is 5.53. The molecule has 0 saturated carbocycles. The number of anilines is 1. The fourth-order valence-electron chi connectivity index (χ4n) is 1.79. The molecule has 4 nitrogen and oxygen atoms in total. The van der Waals surface area contributed by atoms with Crippen LogP contribution in [-0.2, 0) is 0 Å². The van der Waals surface area contributed by atoms with E-state index in [2.05, 4.69) is 22.1 Å². The second-order valence-corrected chi connectivity index (χ2v) is 4.39. The summed E-state index contributed by atoms with van der Waals surface area (Å²) in [5.41, 5.74) is 3.52. The molecule has 106 valence electrons. The minimum Gasteiger partial charge on any atom is -0.257 e. The summed E-state index contributed by atoms with van der Waals surface area (Å²) in [6, 6.07) is 3.22. The molecule has 1 heterocycles. The molecule has 0 spiro atoms. The highest BCUT2D eigenvalue weighted by molar-refractivity contribution is 6.70. The van der Waals surface area contributed by atoms with E-state index in [0.717, 1.165) is 12.1 Å². The Hall–Kier alpha value is -1.50. The lowest BCUT2D eigenvalue weighted by atomic mass is 10.2. The average Bonchev–Trinajstić information content (AvgIpc) is 2.82. The molecule has 0 aliphatic carbocycles. The van der Waals surface area contributed by atoms with Gasteiger partial charge in [-0.1, -0.05) is 11.6 Å². The number of hydrogen-bond donors (Lipinski definition) is 1. The number of nitrogens with zero attached hydrogens (tertiary/aromatic N) is 3. The largest absolute Gasteiger partial charge is 0.257 e. The second-order valence-electron chi connectivity index (χ2n) is 3.79. The maximum absolute atomic E-state index is 13.8. The molecule has 0 fully saturated rings. The number of benzene rings is 1. The van der Waals surface area contributed by atoms with Crippen molar-refractivity contribution in [3.8, 4) is 0 Å². The van der Waals surface area contributed by atoms with Crippen molar-refractivity contribution < 1.29 is 8.78 Å². The van der Waals surface area contributed by atoms with Gasteiger partial charge < -0.3 is 0 Å². The summed E-state index contributed by atoms with van der Waals surface area (Å²) in [6.07, 6.45) is 0. The summed E-state index contributed by atoms with van der Waals surface area (Å²) in [7, 11) is 0. The highest BCUT2D eigenvalue weighted by atomic mass is 35.5. The number of hydrogen-bond acceptors (Lipinski definition) is 4. The summed E-state index contributed by atoms with van der Waals surface area (Å²) in [6.45, 7) is 3.71. The maximum atomic E-state index is 13.8. The Morgan fingerprint density at radius 1 is 1.45 bits per heavy atom. The number of alkyl halides is 1. The Morgan fingerprint density at radius 3 is 2.80 bits per heavy atom. The van der Waals surface area contributed by atoms with Crippen molar-refractivity contribution in [2.24, 2.45) is 9.98 Å². The Bertz CT molecular complexity index is 601. The summed E-state index contributed by atoms with van der Waals surface area (Å²) >= 11 is 11.5. The third kappa shape index (κ3) is 2.82. The first-order valence-corrected chi connectivity index (χ1v) is 6.44. The molecule has 1 aliphatic rings. The molecule has 0 aromatic heterocycles. The van der Waals surface area contributed by atoms with Gasteiger partial charge in [-0.25, -0.2) is 19.2 Å². The van der Waals surface area contributed by atoms with Crippen molar-refractivity contribution >= 4 is 40.8 Å². The fraction of sp³-hybridized carbons (Fsp3) is 0.167. The van der Waals surface area contributed by atoms with Gasteiger partial charge in [0.1, 0.15) is 17.0 Å². The predicted octanol–water partition coefficient (Wildman–Crippen LogP) is 3.04. The number of nitrogens with one attached hydrogen (secondary N) is 1. The summed E-state index contributed by atoms with van der Waals surface area (Å²) in [5.74, 6) is -1.09. The molecular formula is C12H10Cl2F2N4. The van der Waals surface area contributed by atoms with Gasteiger partial charge in [-0.15, -0.1) is 11.6 Å². The van der Waals surface area contributed by atoms with Crippen LogP contribution in [0.2, 0.25) is 0 Å². The molecule has 0 amide bonds. The summed E-state index contributed by atoms with van der Waals surface area (Å²) in [5, 5.41) is 1.50. The molecule has 1 aromatic carbocycles. The van der Waals surface area contributed by atoms with Gasteiger partial charge in [0.15, 0.2) is 11.6 Å². The topological polar surface area (TPSA) is 40.0 Å². The zero-order valence-corrected chi connectivity index (χ0v) is 11.7. The molecule has 2 rings (SSSR count). The Balaban J connectivity index is 2.44.